The predicted octanol–water partition coefficient (Wildman–Crippen LogP) is 2.20. The summed E-state index contributed by atoms with van der Waals surface area (Å²) >= 11 is 0. The molecule has 1 amide bonds. The molecule has 5 nitrogen and oxygen atoms in total. The Labute approximate surface area is 135 Å². The summed E-state index contributed by atoms with van der Waals surface area (Å²) in [4.78, 5) is 12.2. The number of amides is 1. The third-order valence-electron chi connectivity index (χ3n) is 3.83. The standard InChI is InChI=1S/C16H13F3N4O/c1-2-8-20-15(24)12-6-7-13-21-22-14(23(12)13)10-4-3-5-11(9-10)16(17,18)19/h1,3-5,9,12H,6-8H2,(H,20,24). The van der Waals surface area contributed by atoms with E-state index in [0.29, 0.717) is 18.7 Å². The van der Waals surface area contributed by atoms with Crippen molar-refractivity contribution in [2.45, 2.75) is 25.1 Å². The Morgan fingerprint density at radius 1 is 1.42 bits per heavy atom. The fourth-order valence-electron chi connectivity index (χ4n) is 2.75. The number of carbonyl (C=O) groups is 1. The number of carbonyl (C=O) groups excluding carboxylic acids is 1. The summed E-state index contributed by atoms with van der Waals surface area (Å²) in [5.74, 6) is 2.84. The number of rotatable bonds is 3. The van der Waals surface area contributed by atoms with E-state index in [0.717, 1.165) is 12.1 Å². The number of fused-ring (bicyclic) bond motifs is 1. The molecule has 1 N–H and O–H groups in total. The molecule has 0 saturated carbocycles. The van der Waals surface area contributed by atoms with Gasteiger partial charge in [0.15, 0.2) is 5.82 Å². The zero-order chi connectivity index (χ0) is 17.3. The molecule has 124 valence electrons. The molecule has 0 aliphatic carbocycles. The number of hydrogen-bond acceptors (Lipinski definition) is 3. The van der Waals surface area contributed by atoms with Gasteiger partial charge >= 0.3 is 6.18 Å². The van der Waals surface area contributed by atoms with E-state index >= 15 is 0 Å². The average Bonchev–Trinajstić information content (AvgIpc) is 3.13. The highest BCUT2D eigenvalue weighted by Crippen LogP contribution is 2.34. The number of benzene rings is 1. The first-order chi connectivity index (χ1) is 11.4. The normalized spacial score (nSPS) is 16.5. The van der Waals surface area contributed by atoms with Crippen molar-refractivity contribution in [3.63, 3.8) is 0 Å². The first-order valence-corrected chi connectivity index (χ1v) is 7.24. The molecule has 1 unspecified atom stereocenters. The SMILES string of the molecule is C#CCNC(=O)C1CCc2nnc(-c3cccc(C(F)(F)F)c3)n21. The lowest BCUT2D eigenvalue weighted by Gasteiger charge is -2.15. The van der Waals surface area contributed by atoms with Crippen LogP contribution >= 0.6 is 0 Å². The third-order valence-corrected chi connectivity index (χ3v) is 3.83. The first-order valence-electron chi connectivity index (χ1n) is 7.24. The number of aromatic nitrogens is 3. The quantitative estimate of drug-likeness (QED) is 0.876. The van der Waals surface area contributed by atoms with Crippen LogP contribution in [0.15, 0.2) is 24.3 Å². The summed E-state index contributed by atoms with van der Waals surface area (Å²) in [6.07, 6.45) is 1.71. The van der Waals surface area contributed by atoms with Gasteiger partial charge in [0.2, 0.25) is 5.91 Å². The lowest BCUT2D eigenvalue weighted by molar-refractivity contribution is -0.137. The minimum absolute atomic E-state index is 0.0890. The zero-order valence-electron chi connectivity index (χ0n) is 12.5. The maximum Gasteiger partial charge on any atom is 0.416 e. The van der Waals surface area contributed by atoms with Crippen LogP contribution in [0.4, 0.5) is 13.2 Å². The molecule has 1 aromatic carbocycles. The Kier molecular flexibility index (Phi) is 4.01. The van der Waals surface area contributed by atoms with Gasteiger partial charge in [-0.3, -0.25) is 9.36 Å². The second-order valence-electron chi connectivity index (χ2n) is 5.36. The molecule has 0 radical (unpaired) electrons. The van der Waals surface area contributed by atoms with Crippen LogP contribution in [0.1, 0.15) is 23.9 Å². The van der Waals surface area contributed by atoms with Crippen molar-refractivity contribution in [1.29, 1.82) is 0 Å². The molecule has 1 atom stereocenters. The molecule has 0 spiro atoms. The van der Waals surface area contributed by atoms with Crippen LogP contribution in [0, 0.1) is 12.3 Å². The van der Waals surface area contributed by atoms with Crippen LogP contribution < -0.4 is 5.32 Å². The average molecular weight is 334 g/mol. The highest BCUT2D eigenvalue weighted by atomic mass is 19.4. The van der Waals surface area contributed by atoms with Gasteiger partial charge in [0.05, 0.1) is 12.1 Å². The Morgan fingerprint density at radius 3 is 2.92 bits per heavy atom. The van der Waals surface area contributed by atoms with Crippen molar-refractivity contribution in [3.05, 3.63) is 35.7 Å². The third kappa shape index (κ3) is 2.85. The van der Waals surface area contributed by atoms with E-state index in [-0.39, 0.29) is 23.8 Å². The molecular formula is C16H13F3N4O. The summed E-state index contributed by atoms with van der Waals surface area (Å²) in [7, 11) is 0. The molecule has 0 fully saturated rings. The number of nitrogens with zero attached hydrogens (tertiary/aromatic N) is 3. The summed E-state index contributed by atoms with van der Waals surface area (Å²) in [6, 6.07) is 4.24. The Bertz CT molecular complexity index is 819. The number of halogens is 3. The number of hydrogen-bond donors (Lipinski definition) is 1. The van der Waals surface area contributed by atoms with Crippen molar-refractivity contribution >= 4 is 5.91 Å². The van der Waals surface area contributed by atoms with Crippen LogP contribution in [0.25, 0.3) is 11.4 Å². The van der Waals surface area contributed by atoms with Crippen LogP contribution in [-0.4, -0.2) is 27.2 Å². The second-order valence-corrected chi connectivity index (χ2v) is 5.36. The van der Waals surface area contributed by atoms with E-state index in [9.17, 15) is 18.0 Å². The van der Waals surface area contributed by atoms with Gasteiger partial charge in [-0.15, -0.1) is 16.6 Å². The van der Waals surface area contributed by atoms with Crippen LogP contribution in [0.2, 0.25) is 0 Å². The molecule has 8 heteroatoms. The highest BCUT2D eigenvalue weighted by Gasteiger charge is 2.34. The molecule has 2 heterocycles. The Morgan fingerprint density at radius 2 is 2.21 bits per heavy atom. The van der Waals surface area contributed by atoms with E-state index in [4.69, 9.17) is 6.42 Å². The summed E-state index contributed by atoms with van der Waals surface area (Å²) in [5.41, 5.74) is -0.510. The van der Waals surface area contributed by atoms with Gasteiger partial charge < -0.3 is 5.32 Å². The Balaban J connectivity index is 1.98. The predicted molar refractivity (Wildman–Crippen MR) is 79.7 cm³/mol. The fourth-order valence-corrected chi connectivity index (χ4v) is 2.75. The van der Waals surface area contributed by atoms with Crippen molar-refractivity contribution in [2.75, 3.05) is 6.54 Å². The van der Waals surface area contributed by atoms with Gasteiger partial charge in [0.25, 0.3) is 0 Å². The largest absolute Gasteiger partial charge is 0.416 e. The van der Waals surface area contributed by atoms with Crippen LogP contribution in [-0.2, 0) is 17.4 Å². The Hall–Kier alpha value is -2.82. The minimum atomic E-state index is -4.45. The van der Waals surface area contributed by atoms with Crippen molar-refractivity contribution in [3.8, 4) is 23.7 Å². The fraction of sp³-hybridized carbons (Fsp3) is 0.312. The topological polar surface area (TPSA) is 59.8 Å². The molecular weight excluding hydrogens is 321 g/mol. The van der Waals surface area contributed by atoms with E-state index in [2.05, 4.69) is 21.4 Å². The molecule has 2 aromatic rings. The molecule has 0 saturated heterocycles. The zero-order valence-corrected chi connectivity index (χ0v) is 12.5. The minimum Gasteiger partial charge on any atom is -0.343 e. The molecule has 0 bridgehead atoms. The molecule has 24 heavy (non-hydrogen) atoms. The van der Waals surface area contributed by atoms with Gasteiger partial charge in [-0.25, -0.2) is 0 Å². The maximum absolute atomic E-state index is 12.9. The van der Waals surface area contributed by atoms with Gasteiger partial charge in [-0.05, 0) is 18.6 Å². The number of aryl methyl sites for hydroxylation is 1. The highest BCUT2D eigenvalue weighted by molar-refractivity contribution is 5.82. The number of terminal acetylenes is 1. The monoisotopic (exact) mass is 334 g/mol. The smallest absolute Gasteiger partial charge is 0.343 e. The molecule has 1 aliphatic heterocycles. The molecule has 1 aliphatic rings. The van der Waals surface area contributed by atoms with E-state index < -0.39 is 17.8 Å². The lowest BCUT2D eigenvalue weighted by Crippen LogP contribution is -2.31. The van der Waals surface area contributed by atoms with E-state index in [1.165, 1.54) is 12.1 Å². The van der Waals surface area contributed by atoms with Gasteiger partial charge in [0.1, 0.15) is 11.9 Å². The molecule has 1 aromatic heterocycles. The van der Waals surface area contributed by atoms with E-state index in [1.54, 1.807) is 4.57 Å². The summed E-state index contributed by atoms with van der Waals surface area (Å²) in [6.45, 7) is 0.0890. The van der Waals surface area contributed by atoms with E-state index in [1.807, 2.05) is 0 Å². The van der Waals surface area contributed by atoms with Crippen molar-refractivity contribution < 1.29 is 18.0 Å². The number of alkyl halides is 3. The van der Waals surface area contributed by atoms with Gasteiger partial charge in [-0.1, -0.05) is 18.1 Å². The second kappa shape index (κ2) is 6.00. The summed E-state index contributed by atoms with van der Waals surface area (Å²) < 4.78 is 40.3. The van der Waals surface area contributed by atoms with Gasteiger partial charge in [0, 0.05) is 12.0 Å². The first kappa shape index (κ1) is 16.1. The van der Waals surface area contributed by atoms with Crippen molar-refractivity contribution in [2.24, 2.45) is 0 Å². The van der Waals surface area contributed by atoms with Gasteiger partial charge in [-0.2, -0.15) is 13.2 Å². The van der Waals surface area contributed by atoms with Crippen LogP contribution in [0.3, 0.4) is 0 Å². The van der Waals surface area contributed by atoms with Crippen molar-refractivity contribution in [1.82, 2.24) is 20.1 Å². The maximum atomic E-state index is 12.9. The lowest BCUT2D eigenvalue weighted by atomic mass is 10.1. The van der Waals surface area contributed by atoms with Crippen LogP contribution in [0.5, 0.6) is 0 Å². The molecule has 3 rings (SSSR count). The summed E-state index contributed by atoms with van der Waals surface area (Å²) in [5, 5.41) is 10.5. The number of nitrogens with one attached hydrogen (secondary N) is 1.